The van der Waals surface area contributed by atoms with Crippen molar-refractivity contribution in [3.63, 3.8) is 0 Å². The van der Waals surface area contributed by atoms with Gasteiger partial charge in [-0.15, -0.1) is 0 Å². The topological polar surface area (TPSA) is 29.1 Å². The highest BCUT2D eigenvalue weighted by Crippen LogP contribution is 2.48. The summed E-state index contributed by atoms with van der Waals surface area (Å²) in [6.45, 7) is 1.11. The van der Waals surface area contributed by atoms with Crippen molar-refractivity contribution in [2.24, 2.45) is 17.8 Å². The second-order valence-corrected chi connectivity index (χ2v) is 5.45. The van der Waals surface area contributed by atoms with Crippen LogP contribution < -0.4 is 5.32 Å². The SMILES string of the molecule is O=C1C=C(NCC2CC3CCC2C3)CC1. The number of rotatable bonds is 3. The summed E-state index contributed by atoms with van der Waals surface area (Å²) in [6, 6.07) is 0. The second-order valence-electron chi connectivity index (χ2n) is 5.45. The smallest absolute Gasteiger partial charge is 0.157 e. The molecule has 0 spiro atoms. The molecule has 2 heteroatoms. The van der Waals surface area contributed by atoms with E-state index in [2.05, 4.69) is 5.32 Å². The van der Waals surface area contributed by atoms with Crippen LogP contribution in [0.3, 0.4) is 0 Å². The molecule has 0 saturated heterocycles. The van der Waals surface area contributed by atoms with E-state index in [-0.39, 0.29) is 0 Å². The van der Waals surface area contributed by atoms with Crippen LogP contribution >= 0.6 is 0 Å². The lowest BCUT2D eigenvalue weighted by atomic mass is 9.89. The fraction of sp³-hybridized carbons (Fsp3) is 0.769. The Balaban J connectivity index is 1.50. The third-order valence-corrected chi connectivity index (χ3v) is 4.45. The van der Waals surface area contributed by atoms with E-state index in [1.165, 1.54) is 31.4 Å². The maximum atomic E-state index is 11.1. The van der Waals surface area contributed by atoms with Crippen LogP contribution in [-0.2, 0) is 4.79 Å². The molecule has 15 heavy (non-hydrogen) atoms. The van der Waals surface area contributed by atoms with Gasteiger partial charge in [0.15, 0.2) is 5.78 Å². The van der Waals surface area contributed by atoms with Gasteiger partial charge in [-0.3, -0.25) is 4.79 Å². The van der Waals surface area contributed by atoms with Crippen molar-refractivity contribution in [1.29, 1.82) is 0 Å². The Hall–Kier alpha value is -0.790. The minimum atomic E-state index is 0.297. The molecule has 0 aromatic carbocycles. The van der Waals surface area contributed by atoms with Gasteiger partial charge in [0.1, 0.15) is 0 Å². The average Bonchev–Trinajstić information content (AvgIpc) is 2.90. The van der Waals surface area contributed by atoms with E-state index in [1.807, 2.05) is 0 Å². The number of carbonyl (C=O) groups is 1. The van der Waals surface area contributed by atoms with Crippen LogP contribution in [0, 0.1) is 17.8 Å². The molecule has 2 saturated carbocycles. The van der Waals surface area contributed by atoms with Crippen molar-refractivity contribution in [1.82, 2.24) is 5.32 Å². The molecule has 2 nitrogen and oxygen atoms in total. The minimum absolute atomic E-state index is 0.297. The fourth-order valence-electron chi connectivity index (χ4n) is 3.62. The number of carbonyl (C=O) groups excluding carboxylic acids is 1. The van der Waals surface area contributed by atoms with Crippen molar-refractivity contribution in [2.75, 3.05) is 6.54 Å². The summed E-state index contributed by atoms with van der Waals surface area (Å²) in [4.78, 5) is 11.1. The number of hydrogen-bond acceptors (Lipinski definition) is 2. The summed E-state index contributed by atoms with van der Waals surface area (Å²) < 4.78 is 0. The third-order valence-electron chi connectivity index (χ3n) is 4.45. The highest BCUT2D eigenvalue weighted by Gasteiger charge is 2.39. The number of hydrogen-bond donors (Lipinski definition) is 1. The van der Waals surface area contributed by atoms with Gasteiger partial charge in [-0.1, -0.05) is 6.42 Å². The molecule has 3 unspecified atom stereocenters. The Kier molecular flexibility index (Phi) is 2.30. The largest absolute Gasteiger partial charge is 0.388 e. The van der Waals surface area contributed by atoms with Crippen molar-refractivity contribution < 1.29 is 4.79 Å². The zero-order valence-electron chi connectivity index (χ0n) is 9.17. The van der Waals surface area contributed by atoms with Crippen molar-refractivity contribution in [3.8, 4) is 0 Å². The molecule has 82 valence electrons. The Morgan fingerprint density at radius 1 is 1.27 bits per heavy atom. The first-order valence-electron chi connectivity index (χ1n) is 6.28. The summed E-state index contributed by atoms with van der Waals surface area (Å²) in [6.07, 6.45) is 9.30. The van der Waals surface area contributed by atoms with Crippen LogP contribution in [0.1, 0.15) is 38.5 Å². The molecule has 3 atom stereocenters. The highest BCUT2D eigenvalue weighted by atomic mass is 16.1. The number of nitrogens with one attached hydrogen (secondary N) is 1. The van der Waals surface area contributed by atoms with Crippen LogP contribution in [0.4, 0.5) is 0 Å². The molecule has 0 heterocycles. The van der Waals surface area contributed by atoms with Gasteiger partial charge in [-0.05, 0) is 43.4 Å². The third kappa shape index (κ3) is 1.82. The normalized spacial score (nSPS) is 38.5. The number of ketones is 1. The maximum Gasteiger partial charge on any atom is 0.157 e. The molecule has 3 aliphatic rings. The molecular formula is C13H19NO. The molecule has 0 radical (unpaired) electrons. The van der Waals surface area contributed by atoms with Gasteiger partial charge in [-0.2, -0.15) is 0 Å². The Morgan fingerprint density at radius 2 is 2.20 bits per heavy atom. The Bertz CT molecular complexity index is 308. The van der Waals surface area contributed by atoms with E-state index in [0.29, 0.717) is 5.78 Å². The molecule has 3 rings (SSSR count). The van der Waals surface area contributed by atoms with Gasteiger partial charge >= 0.3 is 0 Å². The molecule has 3 aliphatic carbocycles. The molecule has 1 N–H and O–H groups in total. The Morgan fingerprint density at radius 3 is 2.80 bits per heavy atom. The van der Waals surface area contributed by atoms with E-state index in [4.69, 9.17) is 0 Å². The molecule has 0 aromatic heterocycles. The van der Waals surface area contributed by atoms with Crippen LogP contribution in [0.2, 0.25) is 0 Å². The molecule has 2 fully saturated rings. The number of allylic oxidation sites excluding steroid dienone is 2. The van der Waals surface area contributed by atoms with Crippen LogP contribution in [0.15, 0.2) is 11.8 Å². The summed E-state index contributed by atoms with van der Waals surface area (Å²) in [7, 11) is 0. The van der Waals surface area contributed by atoms with Gasteiger partial charge < -0.3 is 5.32 Å². The van der Waals surface area contributed by atoms with Crippen LogP contribution in [0.5, 0.6) is 0 Å². The van der Waals surface area contributed by atoms with E-state index in [1.54, 1.807) is 6.08 Å². The van der Waals surface area contributed by atoms with Gasteiger partial charge in [0.25, 0.3) is 0 Å². The number of fused-ring (bicyclic) bond motifs is 2. The lowest BCUT2D eigenvalue weighted by Gasteiger charge is -2.22. The molecular weight excluding hydrogens is 186 g/mol. The summed E-state index contributed by atoms with van der Waals surface area (Å²) in [5.41, 5.74) is 1.18. The quantitative estimate of drug-likeness (QED) is 0.765. The molecule has 0 amide bonds. The highest BCUT2D eigenvalue weighted by molar-refractivity contribution is 5.92. The lowest BCUT2D eigenvalue weighted by Crippen LogP contribution is -2.25. The summed E-state index contributed by atoms with van der Waals surface area (Å²) in [5, 5.41) is 3.48. The second kappa shape index (κ2) is 3.66. The van der Waals surface area contributed by atoms with Gasteiger partial charge in [0.2, 0.25) is 0 Å². The van der Waals surface area contributed by atoms with E-state index in [0.717, 1.165) is 37.1 Å². The van der Waals surface area contributed by atoms with Crippen molar-refractivity contribution in [2.45, 2.75) is 38.5 Å². The lowest BCUT2D eigenvalue weighted by molar-refractivity contribution is -0.114. The van der Waals surface area contributed by atoms with Crippen LogP contribution in [-0.4, -0.2) is 12.3 Å². The predicted octanol–water partition coefficient (Wildman–Crippen LogP) is 2.26. The van der Waals surface area contributed by atoms with E-state index >= 15 is 0 Å². The monoisotopic (exact) mass is 205 g/mol. The van der Waals surface area contributed by atoms with E-state index < -0.39 is 0 Å². The molecule has 0 aliphatic heterocycles. The predicted molar refractivity (Wildman–Crippen MR) is 59.3 cm³/mol. The zero-order chi connectivity index (χ0) is 10.3. The first-order chi connectivity index (χ1) is 7.31. The minimum Gasteiger partial charge on any atom is -0.388 e. The average molecular weight is 205 g/mol. The molecule has 0 aromatic rings. The standard InChI is InChI=1S/C13H19NO/c15-13-4-3-12(7-13)14-8-11-6-9-1-2-10(11)5-9/h7,9-11,14H,1-6,8H2. The van der Waals surface area contributed by atoms with Gasteiger partial charge in [0, 0.05) is 24.7 Å². The zero-order valence-corrected chi connectivity index (χ0v) is 9.17. The van der Waals surface area contributed by atoms with E-state index in [9.17, 15) is 4.79 Å². The molecule has 2 bridgehead atoms. The van der Waals surface area contributed by atoms with Gasteiger partial charge in [-0.25, -0.2) is 0 Å². The van der Waals surface area contributed by atoms with Crippen LogP contribution in [0.25, 0.3) is 0 Å². The fourth-order valence-corrected chi connectivity index (χ4v) is 3.62. The first-order valence-corrected chi connectivity index (χ1v) is 6.28. The Labute approximate surface area is 91.1 Å². The summed E-state index contributed by atoms with van der Waals surface area (Å²) >= 11 is 0. The van der Waals surface area contributed by atoms with Crippen molar-refractivity contribution >= 4 is 5.78 Å². The first kappa shape index (κ1) is 9.44. The van der Waals surface area contributed by atoms with Crippen molar-refractivity contribution in [3.05, 3.63) is 11.8 Å². The van der Waals surface area contributed by atoms with Gasteiger partial charge in [0.05, 0.1) is 0 Å². The summed E-state index contributed by atoms with van der Waals surface area (Å²) in [5.74, 6) is 3.20. The maximum absolute atomic E-state index is 11.1.